The maximum Gasteiger partial charge on any atom is 0.228 e. The number of likely N-dealkylation sites (tertiary alicyclic amines) is 1. The number of nitrogens with one attached hydrogen (secondary N) is 1. The average molecular weight is 300 g/mol. The van der Waals surface area contributed by atoms with E-state index in [-0.39, 0.29) is 12.0 Å². The van der Waals surface area contributed by atoms with Gasteiger partial charge in [0.15, 0.2) is 0 Å². The highest BCUT2D eigenvalue weighted by atomic mass is 16.5. The zero-order chi connectivity index (χ0) is 14.9. The number of fused-ring (bicyclic) bond motifs is 2. The van der Waals surface area contributed by atoms with Crippen LogP contribution in [0.5, 0.6) is 0 Å². The lowest BCUT2D eigenvalue weighted by Gasteiger charge is -2.36. The van der Waals surface area contributed by atoms with Crippen molar-refractivity contribution < 1.29 is 9.53 Å². The Morgan fingerprint density at radius 3 is 2.77 bits per heavy atom. The zero-order valence-corrected chi connectivity index (χ0v) is 12.9. The van der Waals surface area contributed by atoms with Gasteiger partial charge in [-0.25, -0.2) is 0 Å². The molecule has 4 nitrogen and oxygen atoms in total. The standard InChI is InChI=1S/C18H24N2O2/c21-18(16-11-15-8-9-17(16)22-15)20-10-4-7-14(12-20)19-13-5-2-1-3-6-13/h1-3,5-6,14-17,19H,4,7-12H2/t14-,15-,16-,17-/m1/s1. The molecule has 4 rings (SSSR count). The number of nitrogens with zero attached hydrogens (tertiary/aromatic N) is 1. The largest absolute Gasteiger partial charge is 0.381 e. The highest BCUT2D eigenvalue weighted by molar-refractivity contribution is 5.80. The van der Waals surface area contributed by atoms with Crippen LogP contribution in [0, 0.1) is 5.92 Å². The normalized spacial score (nSPS) is 33.9. The summed E-state index contributed by atoms with van der Waals surface area (Å²) in [6, 6.07) is 10.6. The van der Waals surface area contributed by atoms with Gasteiger partial charge in [-0.3, -0.25) is 4.79 Å². The van der Waals surface area contributed by atoms with Crippen molar-refractivity contribution in [1.82, 2.24) is 4.90 Å². The van der Waals surface area contributed by atoms with Gasteiger partial charge in [-0.05, 0) is 44.2 Å². The van der Waals surface area contributed by atoms with Gasteiger partial charge in [-0.15, -0.1) is 0 Å². The number of benzene rings is 1. The summed E-state index contributed by atoms with van der Waals surface area (Å²) in [5, 5.41) is 3.57. The summed E-state index contributed by atoms with van der Waals surface area (Å²) >= 11 is 0. The van der Waals surface area contributed by atoms with Crippen LogP contribution >= 0.6 is 0 Å². The number of para-hydroxylation sites is 1. The van der Waals surface area contributed by atoms with Crippen molar-refractivity contribution in [2.75, 3.05) is 18.4 Å². The fourth-order valence-corrected chi connectivity index (χ4v) is 4.20. The van der Waals surface area contributed by atoms with E-state index in [9.17, 15) is 4.79 Å². The van der Waals surface area contributed by atoms with Crippen LogP contribution in [0.4, 0.5) is 5.69 Å². The van der Waals surface area contributed by atoms with Crippen LogP contribution in [-0.4, -0.2) is 42.1 Å². The lowest BCUT2D eigenvalue weighted by Crippen LogP contribution is -2.48. The average Bonchev–Trinajstić information content (AvgIpc) is 3.18. The van der Waals surface area contributed by atoms with E-state index in [1.54, 1.807) is 0 Å². The van der Waals surface area contributed by atoms with E-state index in [1.165, 1.54) is 0 Å². The van der Waals surface area contributed by atoms with Crippen LogP contribution in [0.15, 0.2) is 30.3 Å². The number of hydrogen-bond acceptors (Lipinski definition) is 3. The van der Waals surface area contributed by atoms with Crippen LogP contribution in [-0.2, 0) is 9.53 Å². The van der Waals surface area contributed by atoms with Gasteiger partial charge in [-0.1, -0.05) is 18.2 Å². The Morgan fingerprint density at radius 2 is 2.05 bits per heavy atom. The molecule has 0 saturated carbocycles. The number of ether oxygens (including phenoxy) is 1. The molecule has 0 aromatic heterocycles. The molecule has 1 aromatic rings. The minimum absolute atomic E-state index is 0.120. The molecule has 4 atom stereocenters. The van der Waals surface area contributed by atoms with Crippen LogP contribution in [0.1, 0.15) is 32.1 Å². The molecular formula is C18H24N2O2. The van der Waals surface area contributed by atoms with E-state index in [0.29, 0.717) is 18.1 Å². The molecule has 0 radical (unpaired) electrons. The molecule has 1 aromatic carbocycles. The van der Waals surface area contributed by atoms with E-state index in [2.05, 4.69) is 22.3 Å². The molecule has 2 bridgehead atoms. The quantitative estimate of drug-likeness (QED) is 0.933. The lowest BCUT2D eigenvalue weighted by atomic mass is 9.87. The molecule has 0 unspecified atom stereocenters. The molecule has 22 heavy (non-hydrogen) atoms. The van der Waals surface area contributed by atoms with Crippen molar-refractivity contribution in [3.8, 4) is 0 Å². The van der Waals surface area contributed by atoms with Gasteiger partial charge >= 0.3 is 0 Å². The molecule has 3 aliphatic rings. The highest BCUT2D eigenvalue weighted by Gasteiger charge is 2.46. The van der Waals surface area contributed by atoms with E-state index >= 15 is 0 Å². The Kier molecular flexibility index (Phi) is 3.78. The molecule has 4 heteroatoms. The summed E-state index contributed by atoms with van der Waals surface area (Å²) in [5.41, 5.74) is 1.14. The number of carbonyl (C=O) groups is 1. The first kappa shape index (κ1) is 14.1. The summed E-state index contributed by atoms with van der Waals surface area (Å²) in [5.74, 6) is 0.445. The SMILES string of the molecule is O=C([C@@H]1C[C@H]2CC[C@H]1O2)N1CCC[C@@H](Nc2ccccc2)C1. The Balaban J connectivity index is 1.37. The number of amides is 1. The van der Waals surface area contributed by atoms with E-state index < -0.39 is 0 Å². The highest BCUT2D eigenvalue weighted by Crippen LogP contribution is 2.39. The predicted molar refractivity (Wildman–Crippen MR) is 85.7 cm³/mol. The zero-order valence-electron chi connectivity index (χ0n) is 12.9. The first-order chi connectivity index (χ1) is 10.8. The third kappa shape index (κ3) is 2.72. The number of anilines is 1. The smallest absolute Gasteiger partial charge is 0.228 e. The number of hydrogen-bond donors (Lipinski definition) is 1. The van der Waals surface area contributed by atoms with Crippen molar-refractivity contribution in [3.63, 3.8) is 0 Å². The molecule has 3 saturated heterocycles. The summed E-state index contributed by atoms with van der Waals surface area (Å²) in [6.45, 7) is 1.72. The van der Waals surface area contributed by atoms with Gasteiger partial charge in [0.25, 0.3) is 0 Å². The first-order valence-electron chi connectivity index (χ1n) is 8.55. The van der Waals surface area contributed by atoms with Gasteiger partial charge < -0.3 is 15.0 Å². The Bertz CT molecular complexity index is 533. The third-order valence-electron chi connectivity index (χ3n) is 5.30. The summed E-state index contributed by atoms with van der Waals surface area (Å²) in [6.07, 6.45) is 5.91. The first-order valence-corrected chi connectivity index (χ1v) is 8.55. The third-order valence-corrected chi connectivity index (χ3v) is 5.30. The van der Waals surface area contributed by atoms with Crippen molar-refractivity contribution >= 4 is 11.6 Å². The van der Waals surface area contributed by atoms with Crippen molar-refractivity contribution in [2.45, 2.75) is 50.4 Å². The predicted octanol–water partition coefficient (Wildman–Crippen LogP) is 2.66. The maximum atomic E-state index is 12.8. The molecule has 3 heterocycles. The molecule has 118 valence electrons. The lowest BCUT2D eigenvalue weighted by molar-refractivity contribution is -0.138. The molecule has 3 aliphatic heterocycles. The summed E-state index contributed by atoms with van der Waals surface area (Å²) in [4.78, 5) is 14.9. The number of piperidine rings is 1. The molecule has 1 amide bonds. The van der Waals surface area contributed by atoms with Crippen molar-refractivity contribution in [3.05, 3.63) is 30.3 Å². The van der Waals surface area contributed by atoms with E-state index in [4.69, 9.17) is 4.74 Å². The minimum Gasteiger partial charge on any atom is -0.381 e. The monoisotopic (exact) mass is 300 g/mol. The summed E-state index contributed by atoms with van der Waals surface area (Å²) in [7, 11) is 0. The molecule has 1 N–H and O–H groups in total. The van der Waals surface area contributed by atoms with E-state index in [1.807, 2.05) is 18.2 Å². The Hall–Kier alpha value is -1.55. The van der Waals surface area contributed by atoms with Crippen LogP contribution in [0.3, 0.4) is 0 Å². The second kappa shape index (κ2) is 5.92. The fourth-order valence-electron chi connectivity index (χ4n) is 4.20. The second-order valence-corrected chi connectivity index (χ2v) is 6.85. The topological polar surface area (TPSA) is 41.6 Å². The van der Waals surface area contributed by atoms with Gasteiger partial charge in [-0.2, -0.15) is 0 Å². The number of carbonyl (C=O) groups excluding carboxylic acids is 1. The van der Waals surface area contributed by atoms with Crippen molar-refractivity contribution in [1.29, 1.82) is 0 Å². The molecule has 0 spiro atoms. The second-order valence-electron chi connectivity index (χ2n) is 6.85. The van der Waals surface area contributed by atoms with Crippen LogP contribution in [0.2, 0.25) is 0 Å². The number of rotatable bonds is 3. The van der Waals surface area contributed by atoms with E-state index in [0.717, 1.165) is 50.9 Å². The van der Waals surface area contributed by atoms with Gasteiger partial charge in [0.2, 0.25) is 5.91 Å². The van der Waals surface area contributed by atoms with Crippen LogP contribution < -0.4 is 5.32 Å². The molecule has 3 fully saturated rings. The van der Waals surface area contributed by atoms with Gasteiger partial charge in [0.05, 0.1) is 18.1 Å². The summed E-state index contributed by atoms with van der Waals surface area (Å²) < 4.78 is 5.86. The van der Waals surface area contributed by atoms with Gasteiger partial charge in [0, 0.05) is 24.8 Å². The Morgan fingerprint density at radius 1 is 1.18 bits per heavy atom. The minimum atomic E-state index is 0.120. The van der Waals surface area contributed by atoms with Gasteiger partial charge in [0.1, 0.15) is 0 Å². The fraction of sp³-hybridized carbons (Fsp3) is 0.611. The van der Waals surface area contributed by atoms with Crippen molar-refractivity contribution in [2.24, 2.45) is 5.92 Å². The van der Waals surface area contributed by atoms with Crippen LogP contribution in [0.25, 0.3) is 0 Å². The molecule has 0 aliphatic carbocycles. The Labute approximate surface area is 131 Å². The molecular weight excluding hydrogens is 276 g/mol. The maximum absolute atomic E-state index is 12.8.